The summed E-state index contributed by atoms with van der Waals surface area (Å²) in [6.45, 7) is 3.56. The number of aromatic nitrogens is 1. The molecular weight excluding hydrogens is 270 g/mol. The second-order valence-electron chi connectivity index (χ2n) is 4.64. The molecule has 0 aliphatic carbocycles. The first-order valence-electron chi connectivity index (χ1n) is 6.66. The van der Waals surface area contributed by atoms with Crippen molar-refractivity contribution in [3.8, 4) is 0 Å². The van der Waals surface area contributed by atoms with Gasteiger partial charge in [-0.25, -0.2) is 0 Å². The Labute approximate surface area is 123 Å². The molecule has 0 unspecified atom stereocenters. The predicted molar refractivity (Wildman–Crippen MR) is 83.1 cm³/mol. The number of nitrogens with one attached hydrogen (secondary N) is 1. The minimum Gasteiger partial charge on any atom is -0.384 e. The van der Waals surface area contributed by atoms with Gasteiger partial charge >= 0.3 is 0 Å². The third-order valence-electron chi connectivity index (χ3n) is 2.96. The maximum Gasteiger partial charge on any atom is 0.257 e. The Balaban J connectivity index is 2.11. The Morgan fingerprint density at radius 3 is 3.00 bits per heavy atom. The predicted octanol–water partition coefficient (Wildman–Crippen LogP) is 3.24. The number of pyridine rings is 1. The van der Waals surface area contributed by atoms with Crippen LogP contribution in [0.3, 0.4) is 0 Å². The molecule has 2 heterocycles. The van der Waals surface area contributed by atoms with Gasteiger partial charge in [0.2, 0.25) is 0 Å². The number of rotatable bonds is 6. The zero-order valence-electron chi connectivity index (χ0n) is 11.8. The van der Waals surface area contributed by atoms with Crippen molar-refractivity contribution in [2.75, 3.05) is 18.9 Å². The first kappa shape index (κ1) is 14.5. The second-order valence-corrected chi connectivity index (χ2v) is 5.42. The summed E-state index contributed by atoms with van der Waals surface area (Å²) in [7, 11) is 1.82. The molecular formula is C15H19N3OS. The fourth-order valence-electron chi connectivity index (χ4n) is 1.91. The number of carbonyl (C=O) groups is 1. The number of carbonyl (C=O) groups excluding carboxylic acids is 1. The summed E-state index contributed by atoms with van der Waals surface area (Å²) in [5, 5.41) is 7.35. The van der Waals surface area contributed by atoms with Crippen LogP contribution in [0, 0.1) is 0 Å². The molecule has 0 saturated heterocycles. The molecule has 0 radical (unpaired) electrons. The summed E-state index contributed by atoms with van der Waals surface area (Å²) in [5.41, 5.74) is 2.63. The van der Waals surface area contributed by atoms with Gasteiger partial charge in [-0.2, -0.15) is 11.3 Å². The van der Waals surface area contributed by atoms with Crippen molar-refractivity contribution in [1.82, 2.24) is 9.88 Å². The molecule has 2 aromatic heterocycles. The zero-order chi connectivity index (χ0) is 14.4. The van der Waals surface area contributed by atoms with Crippen molar-refractivity contribution >= 4 is 22.9 Å². The minimum atomic E-state index is -0.0112. The van der Waals surface area contributed by atoms with Crippen molar-refractivity contribution in [3.63, 3.8) is 0 Å². The van der Waals surface area contributed by atoms with Gasteiger partial charge in [0.15, 0.2) is 0 Å². The van der Waals surface area contributed by atoms with Crippen molar-refractivity contribution < 1.29 is 4.79 Å². The van der Waals surface area contributed by atoms with Crippen LogP contribution in [0.4, 0.5) is 5.69 Å². The third-order valence-corrected chi connectivity index (χ3v) is 3.70. The molecule has 0 saturated carbocycles. The van der Waals surface area contributed by atoms with Gasteiger partial charge in [0.25, 0.3) is 5.91 Å². The zero-order valence-corrected chi connectivity index (χ0v) is 12.6. The van der Waals surface area contributed by atoms with Gasteiger partial charge < -0.3 is 10.2 Å². The average Bonchev–Trinajstić information content (AvgIpc) is 2.97. The first-order chi connectivity index (χ1) is 9.72. The van der Waals surface area contributed by atoms with Crippen LogP contribution in [-0.2, 0) is 6.54 Å². The topological polar surface area (TPSA) is 45.2 Å². The molecule has 0 bridgehead atoms. The third kappa shape index (κ3) is 3.57. The highest BCUT2D eigenvalue weighted by molar-refractivity contribution is 7.07. The van der Waals surface area contributed by atoms with Gasteiger partial charge in [0, 0.05) is 32.5 Å². The van der Waals surface area contributed by atoms with Gasteiger partial charge in [-0.3, -0.25) is 9.78 Å². The van der Waals surface area contributed by atoms with Crippen LogP contribution in [0.1, 0.15) is 29.3 Å². The highest BCUT2D eigenvalue weighted by Crippen LogP contribution is 2.17. The Kier molecular flexibility index (Phi) is 5.12. The van der Waals surface area contributed by atoms with Crippen molar-refractivity contribution in [2.24, 2.45) is 0 Å². The lowest BCUT2D eigenvalue weighted by Gasteiger charge is -2.18. The summed E-state index contributed by atoms with van der Waals surface area (Å²) in [4.78, 5) is 18.3. The Morgan fingerprint density at radius 1 is 1.45 bits per heavy atom. The van der Waals surface area contributed by atoms with Crippen LogP contribution >= 0.6 is 11.3 Å². The van der Waals surface area contributed by atoms with Gasteiger partial charge in [0.05, 0.1) is 11.3 Å². The van der Waals surface area contributed by atoms with E-state index in [0.29, 0.717) is 12.1 Å². The quantitative estimate of drug-likeness (QED) is 0.888. The van der Waals surface area contributed by atoms with Crippen molar-refractivity contribution in [3.05, 3.63) is 46.4 Å². The van der Waals surface area contributed by atoms with Gasteiger partial charge in [0.1, 0.15) is 0 Å². The standard InChI is InChI=1S/C15H19N3OS/c1-3-6-17-14-4-7-16-9-13(14)15(19)18(2)10-12-5-8-20-11-12/h4-5,7-9,11H,3,6,10H2,1-2H3,(H,16,17). The molecule has 2 rings (SSSR count). The Hall–Kier alpha value is -1.88. The molecule has 20 heavy (non-hydrogen) atoms. The second kappa shape index (κ2) is 7.05. The highest BCUT2D eigenvalue weighted by Gasteiger charge is 2.16. The van der Waals surface area contributed by atoms with E-state index in [-0.39, 0.29) is 5.91 Å². The van der Waals surface area contributed by atoms with Crippen LogP contribution < -0.4 is 5.32 Å². The Bertz CT molecular complexity index is 554. The molecule has 0 aliphatic heterocycles. The highest BCUT2D eigenvalue weighted by atomic mass is 32.1. The molecule has 5 heteroatoms. The minimum absolute atomic E-state index is 0.0112. The largest absolute Gasteiger partial charge is 0.384 e. The molecule has 0 fully saturated rings. The van der Waals surface area contributed by atoms with E-state index in [4.69, 9.17) is 0 Å². The fourth-order valence-corrected chi connectivity index (χ4v) is 2.57. The van der Waals surface area contributed by atoms with Crippen LogP contribution in [-0.4, -0.2) is 29.4 Å². The summed E-state index contributed by atoms with van der Waals surface area (Å²) < 4.78 is 0. The van der Waals surface area contributed by atoms with E-state index in [0.717, 1.165) is 24.2 Å². The number of thiophene rings is 1. The molecule has 0 aromatic carbocycles. The monoisotopic (exact) mass is 289 g/mol. The van der Waals surface area contributed by atoms with Crippen molar-refractivity contribution in [2.45, 2.75) is 19.9 Å². The summed E-state index contributed by atoms with van der Waals surface area (Å²) in [6, 6.07) is 3.88. The van der Waals surface area contributed by atoms with E-state index in [1.807, 2.05) is 24.6 Å². The number of amides is 1. The van der Waals surface area contributed by atoms with Gasteiger partial charge in [-0.15, -0.1) is 0 Å². The molecule has 2 aromatic rings. The fraction of sp³-hybridized carbons (Fsp3) is 0.333. The summed E-state index contributed by atoms with van der Waals surface area (Å²) >= 11 is 1.64. The van der Waals surface area contributed by atoms with Gasteiger partial charge in [-0.1, -0.05) is 6.92 Å². The van der Waals surface area contributed by atoms with E-state index in [1.54, 1.807) is 28.6 Å². The van der Waals surface area contributed by atoms with E-state index in [1.165, 1.54) is 0 Å². The lowest BCUT2D eigenvalue weighted by atomic mass is 10.2. The lowest BCUT2D eigenvalue weighted by molar-refractivity contribution is 0.0786. The van der Waals surface area contributed by atoms with E-state index in [9.17, 15) is 4.79 Å². The molecule has 0 spiro atoms. The number of anilines is 1. The number of hydrogen-bond donors (Lipinski definition) is 1. The average molecular weight is 289 g/mol. The van der Waals surface area contributed by atoms with E-state index in [2.05, 4.69) is 22.6 Å². The Morgan fingerprint density at radius 2 is 2.30 bits per heavy atom. The van der Waals surface area contributed by atoms with Crippen molar-refractivity contribution in [1.29, 1.82) is 0 Å². The van der Waals surface area contributed by atoms with Crippen LogP contribution in [0.25, 0.3) is 0 Å². The summed E-state index contributed by atoms with van der Waals surface area (Å²) in [5.74, 6) is -0.0112. The van der Waals surface area contributed by atoms with E-state index < -0.39 is 0 Å². The maximum atomic E-state index is 12.5. The van der Waals surface area contributed by atoms with Crippen LogP contribution in [0.15, 0.2) is 35.3 Å². The molecule has 0 aliphatic rings. The molecule has 106 valence electrons. The molecule has 0 atom stereocenters. The first-order valence-corrected chi connectivity index (χ1v) is 7.61. The smallest absolute Gasteiger partial charge is 0.257 e. The van der Waals surface area contributed by atoms with Crippen LogP contribution in [0.2, 0.25) is 0 Å². The maximum absolute atomic E-state index is 12.5. The number of nitrogens with zero attached hydrogens (tertiary/aromatic N) is 2. The molecule has 1 amide bonds. The summed E-state index contributed by atoms with van der Waals surface area (Å²) in [6.07, 6.45) is 4.35. The normalized spacial score (nSPS) is 10.3. The number of hydrogen-bond acceptors (Lipinski definition) is 4. The molecule has 1 N–H and O–H groups in total. The van der Waals surface area contributed by atoms with E-state index >= 15 is 0 Å². The molecule has 4 nitrogen and oxygen atoms in total. The lowest BCUT2D eigenvalue weighted by Crippen LogP contribution is -2.27. The SMILES string of the molecule is CCCNc1ccncc1C(=O)N(C)Cc1ccsc1. The van der Waals surface area contributed by atoms with Gasteiger partial charge in [-0.05, 0) is 34.9 Å². The van der Waals surface area contributed by atoms with Crippen LogP contribution in [0.5, 0.6) is 0 Å².